The van der Waals surface area contributed by atoms with E-state index < -0.39 is 20.0 Å². The van der Waals surface area contributed by atoms with Gasteiger partial charge in [0.05, 0.1) is 10.6 Å². The van der Waals surface area contributed by atoms with Gasteiger partial charge in [0.25, 0.3) is 0 Å². The van der Waals surface area contributed by atoms with Gasteiger partial charge in [0.15, 0.2) is 5.78 Å². The van der Waals surface area contributed by atoms with Crippen molar-refractivity contribution < 1.29 is 26.4 Å². The summed E-state index contributed by atoms with van der Waals surface area (Å²) in [7, 11) is -7.26. The molecule has 180 valence electrons. The second-order valence-electron chi connectivity index (χ2n) is 7.86. The number of carbonyl (C=O) groups is 2. The topological polar surface area (TPSA) is 139 Å². The fraction of sp³-hybridized carbons (Fsp3) is 0.364. The first-order valence-corrected chi connectivity index (χ1v) is 13.5. The maximum absolute atomic E-state index is 12.4. The summed E-state index contributed by atoms with van der Waals surface area (Å²) in [5, 5.41) is 2.69. The van der Waals surface area contributed by atoms with Crippen LogP contribution in [0.2, 0.25) is 0 Å². The Morgan fingerprint density at radius 2 is 1.58 bits per heavy atom. The summed E-state index contributed by atoms with van der Waals surface area (Å²) < 4.78 is 53.6. The van der Waals surface area contributed by atoms with Crippen LogP contribution in [0.25, 0.3) is 0 Å². The summed E-state index contributed by atoms with van der Waals surface area (Å²) in [6, 6.07) is 12.3. The van der Waals surface area contributed by atoms with E-state index in [1.54, 1.807) is 38.1 Å². The number of carbonyl (C=O) groups excluding carboxylic acids is 2. The van der Waals surface area contributed by atoms with Crippen molar-refractivity contribution in [2.75, 3.05) is 6.54 Å². The third kappa shape index (κ3) is 9.04. The fourth-order valence-corrected chi connectivity index (χ4v) is 5.44. The number of nitrogens with one attached hydrogen (secondary N) is 3. The zero-order chi connectivity index (χ0) is 24.6. The second-order valence-corrected chi connectivity index (χ2v) is 11.4. The van der Waals surface area contributed by atoms with E-state index in [1.807, 2.05) is 0 Å². The lowest BCUT2D eigenvalue weighted by Gasteiger charge is -2.10. The predicted octanol–water partition coefficient (Wildman–Crippen LogP) is 1.70. The van der Waals surface area contributed by atoms with Gasteiger partial charge >= 0.3 is 0 Å². The molecule has 0 bridgehead atoms. The third-order valence-corrected chi connectivity index (χ3v) is 7.48. The van der Waals surface area contributed by atoms with E-state index in [0.717, 1.165) is 5.56 Å². The van der Waals surface area contributed by atoms with E-state index in [0.29, 0.717) is 5.56 Å². The Morgan fingerprint density at radius 3 is 2.18 bits per heavy atom. The first-order valence-electron chi connectivity index (χ1n) is 10.3. The molecule has 2 aromatic carbocycles. The summed E-state index contributed by atoms with van der Waals surface area (Å²) in [6.07, 6.45) is -0.0666. The largest absolute Gasteiger partial charge is 0.352 e. The van der Waals surface area contributed by atoms with Crippen molar-refractivity contribution >= 4 is 31.7 Å². The Labute approximate surface area is 195 Å². The molecule has 0 saturated heterocycles. The van der Waals surface area contributed by atoms with Crippen LogP contribution in [0.5, 0.6) is 0 Å². The molecule has 2 rings (SSSR count). The van der Waals surface area contributed by atoms with Crippen LogP contribution >= 0.6 is 0 Å². The van der Waals surface area contributed by atoms with Gasteiger partial charge in [-0.3, -0.25) is 9.59 Å². The highest BCUT2D eigenvalue weighted by molar-refractivity contribution is 7.89. The molecule has 0 fully saturated rings. The van der Waals surface area contributed by atoms with E-state index in [4.69, 9.17) is 0 Å². The first-order chi connectivity index (χ1) is 15.4. The van der Waals surface area contributed by atoms with Crippen molar-refractivity contribution in [2.24, 2.45) is 0 Å². The van der Waals surface area contributed by atoms with Gasteiger partial charge in [-0.1, -0.05) is 36.4 Å². The molecule has 0 heterocycles. The standard InChI is InChI=1S/C22H29N3O6S2/c1-16(2)25-32(28,29)15-19-9-7-18(8-10-19)14-23-22(27)11-12-24-33(30,31)21-6-4-5-20(13-21)17(3)26/h4-10,13,16,24-25H,11-12,14-15H2,1-3H3,(H,23,27). The SMILES string of the molecule is CC(=O)c1cccc(S(=O)(=O)NCCC(=O)NCc2ccc(CS(=O)(=O)NC(C)C)cc2)c1. The van der Waals surface area contributed by atoms with Gasteiger partial charge in [-0.15, -0.1) is 0 Å². The number of Topliss-reactive ketones (excluding diaryl/α,β-unsaturated/α-hetero) is 1. The highest BCUT2D eigenvalue weighted by atomic mass is 32.2. The molecular weight excluding hydrogens is 466 g/mol. The number of ketones is 1. The van der Waals surface area contributed by atoms with E-state index in [1.165, 1.54) is 31.2 Å². The lowest BCUT2D eigenvalue weighted by molar-refractivity contribution is -0.121. The Kier molecular flexibility index (Phi) is 9.29. The van der Waals surface area contributed by atoms with Gasteiger partial charge in [-0.25, -0.2) is 26.3 Å². The average Bonchev–Trinajstić information content (AvgIpc) is 2.72. The molecule has 9 nitrogen and oxygen atoms in total. The minimum absolute atomic E-state index is 0.0405. The van der Waals surface area contributed by atoms with Gasteiger partial charge in [0.2, 0.25) is 26.0 Å². The molecule has 1 amide bonds. The van der Waals surface area contributed by atoms with Crippen molar-refractivity contribution in [3.8, 4) is 0 Å². The van der Waals surface area contributed by atoms with Crippen LogP contribution in [0.15, 0.2) is 53.4 Å². The Bertz CT molecular complexity index is 1190. The number of benzene rings is 2. The number of hydrogen-bond donors (Lipinski definition) is 3. The van der Waals surface area contributed by atoms with Crippen molar-refractivity contribution in [2.45, 2.75) is 50.4 Å². The summed E-state index contributed by atoms with van der Waals surface area (Å²) >= 11 is 0. The van der Waals surface area contributed by atoms with E-state index in [-0.39, 0.29) is 53.5 Å². The van der Waals surface area contributed by atoms with Gasteiger partial charge in [0, 0.05) is 31.1 Å². The zero-order valence-electron chi connectivity index (χ0n) is 18.8. The molecule has 0 radical (unpaired) electrons. The second kappa shape index (κ2) is 11.5. The van der Waals surface area contributed by atoms with Gasteiger partial charge < -0.3 is 5.32 Å². The Hall–Kier alpha value is -2.60. The lowest BCUT2D eigenvalue weighted by atomic mass is 10.1. The maximum atomic E-state index is 12.4. The fourth-order valence-electron chi connectivity index (χ4n) is 2.93. The molecule has 0 unspecified atom stereocenters. The third-order valence-electron chi connectivity index (χ3n) is 4.48. The summed E-state index contributed by atoms with van der Waals surface area (Å²) in [4.78, 5) is 23.5. The average molecular weight is 496 g/mol. The Morgan fingerprint density at radius 1 is 0.939 bits per heavy atom. The lowest BCUT2D eigenvalue weighted by Crippen LogP contribution is -2.31. The van der Waals surface area contributed by atoms with Crippen molar-refractivity contribution in [3.05, 3.63) is 65.2 Å². The highest BCUT2D eigenvalue weighted by Crippen LogP contribution is 2.12. The maximum Gasteiger partial charge on any atom is 0.240 e. The van der Waals surface area contributed by atoms with Gasteiger partial charge in [-0.05, 0) is 44.0 Å². The molecule has 0 saturated carbocycles. The normalized spacial score (nSPS) is 12.0. The first kappa shape index (κ1) is 26.7. The summed E-state index contributed by atoms with van der Waals surface area (Å²) in [6.45, 7) is 4.98. The van der Waals surface area contributed by atoms with Crippen LogP contribution in [-0.2, 0) is 37.1 Å². The van der Waals surface area contributed by atoms with E-state index in [9.17, 15) is 26.4 Å². The molecule has 2 aromatic rings. The van der Waals surface area contributed by atoms with Gasteiger partial charge in [-0.2, -0.15) is 0 Å². The molecule has 33 heavy (non-hydrogen) atoms. The monoisotopic (exact) mass is 495 g/mol. The van der Waals surface area contributed by atoms with Crippen LogP contribution < -0.4 is 14.8 Å². The number of amides is 1. The minimum atomic E-state index is -3.84. The number of hydrogen-bond acceptors (Lipinski definition) is 6. The number of sulfonamides is 2. The quantitative estimate of drug-likeness (QED) is 0.383. The number of rotatable bonds is 12. The van der Waals surface area contributed by atoms with Crippen LogP contribution in [0, 0.1) is 0 Å². The van der Waals surface area contributed by atoms with Crippen molar-refractivity contribution in [3.63, 3.8) is 0 Å². The molecule has 0 atom stereocenters. The highest BCUT2D eigenvalue weighted by Gasteiger charge is 2.16. The van der Waals surface area contributed by atoms with E-state index >= 15 is 0 Å². The molecule has 0 aromatic heterocycles. The molecule has 3 N–H and O–H groups in total. The molecule has 11 heteroatoms. The summed E-state index contributed by atoms with van der Waals surface area (Å²) in [5.74, 6) is -0.718. The van der Waals surface area contributed by atoms with E-state index in [2.05, 4.69) is 14.8 Å². The summed E-state index contributed by atoms with van der Waals surface area (Å²) in [5.41, 5.74) is 1.69. The van der Waals surface area contributed by atoms with Gasteiger partial charge in [0.1, 0.15) is 0 Å². The minimum Gasteiger partial charge on any atom is -0.352 e. The van der Waals surface area contributed by atoms with Crippen LogP contribution in [0.4, 0.5) is 0 Å². The molecule has 0 spiro atoms. The van der Waals surface area contributed by atoms with Crippen LogP contribution in [-0.4, -0.2) is 41.1 Å². The Balaban J connectivity index is 1.81. The predicted molar refractivity (Wildman–Crippen MR) is 125 cm³/mol. The molecule has 0 aliphatic rings. The zero-order valence-corrected chi connectivity index (χ0v) is 20.4. The van der Waals surface area contributed by atoms with Crippen molar-refractivity contribution in [1.29, 1.82) is 0 Å². The van der Waals surface area contributed by atoms with Crippen LogP contribution in [0.1, 0.15) is 48.7 Å². The molecule has 0 aliphatic carbocycles. The smallest absolute Gasteiger partial charge is 0.240 e. The molecular formula is C22H29N3O6S2. The van der Waals surface area contributed by atoms with Crippen molar-refractivity contribution in [1.82, 2.24) is 14.8 Å². The van der Waals surface area contributed by atoms with Crippen LogP contribution in [0.3, 0.4) is 0 Å². The molecule has 0 aliphatic heterocycles.